The second-order valence-corrected chi connectivity index (χ2v) is 12.1. The van der Waals surface area contributed by atoms with Crippen molar-refractivity contribution in [1.82, 2.24) is 0 Å². The van der Waals surface area contributed by atoms with Crippen molar-refractivity contribution in [1.29, 1.82) is 0 Å². The Morgan fingerprint density at radius 3 is 2.47 bits per heavy atom. The van der Waals surface area contributed by atoms with Gasteiger partial charge in [-0.1, -0.05) is 20.8 Å². The van der Waals surface area contributed by atoms with Gasteiger partial charge < -0.3 is 24.4 Å². The Labute approximate surface area is 209 Å². The summed E-state index contributed by atoms with van der Waals surface area (Å²) in [5.41, 5.74) is -3.73. The Hall–Kier alpha value is -2.52. The highest BCUT2D eigenvalue weighted by Gasteiger charge is 2.74. The van der Waals surface area contributed by atoms with Gasteiger partial charge in [-0.3, -0.25) is 14.4 Å². The summed E-state index contributed by atoms with van der Waals surface area (Å²) >= 11 is 0. The molecule has 0 unspecified atom stereocenters. The summed E-state index contributed by atoms with van der Waals surface area (Å²) in [5.74, 6) is -3.40. The van der Waals surface area contributed by atoms with Crippen molar-refractivity contribution < 1.29 is 43.6 Å². The Bertz CT molecular complexity index is 1100. The normalized spacial score (nSPS) is 49.4. The highest BCUT2D eigenvalue weighted by molar-refractivity contribution is 5.97. The van der Waals surface area contributed by atoms with E-state index < -0.39 is 75.8 Å². The van der Waals surface area contributed by atoms with Gasteiger partial charge in [0.2, 0.25) is 0 Å². The van der Waals surface area contributed by atoms with Crippen molar-refractivity contribution >= 4 is 23.7 Å². The third kappa shape index (κ3) is 3.14. The first kappa shape index (κ1) is 25.1. The van der Waals surface area contributed by atoms with E-state index in [-0.39, 0.29) is 31.7 Å². The van der Waals surface area contributed by atoms with Gasteiger partial charge in [-0.05, 0) is 37.5 Å². The van der Waals surface area contributed by atoms with Crippen LogP contribution in [0.3, 0.4) is 0 Å². The van der Waals surface area contributed by atoms with E-state index in [4.69, 9.17) is 14.2 Å². The van der Waals surface area contributed by atoms with Gasteiger partial charge in [0.25, 0.3) is 0 Å². The Morgan fingerprint density at radius 2 is 1.83 bits per heavy atom. The van der Waals surface area contributed by atoms with Crippen LogP contribution in [0, 0.1) is 34.0 Å². The number of ether oxygens (including phenoxy) is 3. The average Bonchev–Trinajstić information content (AvgIpc) is 3.16. The number of aliphatic hydroxyl groups is 2. The number of carbonyl (C=O) groups excluding carboxylic acids is 4. The van der Waals surface area contributed by atoms with Gasteiger partial charge >= 0.3 is 17.9 Å². The first-order valence-corrected chi connectivity index (χ1v) is 12.6. The minimum absolute atomic E-state index is 0.0439. The fourth-order valence-electron chi connectivity index (χ4n) is 8.62. The quantitative estimate of drug-likeness (QED) is 0.436. The Morgan fingerprint density at radius 1 is 1.14 bits per heavy atom. The summed E-state index contributed by atoms with van der Waals surface area (Å²) < 4.78 is 17.6. The lowest BCUT2D eigenvalue weighted by atomic mass is 9.37. The van der Waals surface area contributed by atoms with Crippen LogP contribution < -0.4 is 0 Å². The minimum atomic E-state index is -1.35. The Kier molecular flexibility index (Phi) is 5.41. The van der Waals surface area contributed by atoms with E-state index in [1.807, 2.05) is 20.8 Å². The molecule has 5 aliphatic rings. The summed E-state index contributed by atoms with van der Waals surface area (Å²) in [6.45, 7) is 8.25. The zero-order valence-corrected chi connectivity index (χ0v) is 21.3. The van der Waals surface area contributed by atoms with Gasteiger partial charge in [-0.15, -0.1) is 0 Å². The predicted molar refractivity (Wildman–Crippen MR) is 124 cm³/mol. The molecule has 10 atom stereocenters. The monoisotopic (exact) mass is 502 g/mol. The van der Waals surface area contributed by atoms with Crippen molar-refractivity contribution in [2.75, 3.05) is 6.61 Å². The van der Waals surface area contributed by atoms with Crippen LogP contribution in [0.4, 0.5) is 0 Å². The molecule has 2 N–H and O–H groups in total. The van der Waals surface area contributed by atoms with Crippen molar-refractivity contribution in [3.8, 4) is 0 Å². The third-order valence-corrected chi connectivity index (χ3v) is 9.95. The smallest absolute Gasteiger partial charge is 0.331 e. The topological polar surface area (TPSA) is 136 Å². The van der Waals surface area contributed by atoms with E-state index in [0.717, 1.165) is 0 Å². The summed E-state index contributed by atoms with van der Waals surface area (Å²) in [6, 6.07) is 0. The maximum absolute atomic E-state index is 13.6. The molecule has 5 rings (SSSR count). The van der Waals surface area contributed by atoms with E-state index in [1.165, 1.54) is 25.2 Å². The fourth-order valence-corrected chi connectivity index (χ4v) is 8.62. The van der Waals surface area contributed by atoms with Crippen LogP contribution in [0.25, 0.3) is 0 Å². The lowest BCUT2D eigenvalue weighted by Gasteiger charge is -2.68. The van der Waals surface area contributed by atoms with Crippen LogP contribution >= 0.6 is 0 Å². The molecule has 0 radical (unpaired) electrons. The number of carbonyl (C=O) groups is 4. The molecule has 9 nitrogen and oxygen atoms in total. The second-order valence-electron chi connectivity index (χ2n) is 12.1. The van der Waals surface area contributed by atoms with E-state index in [9.17, 15) is 29.4 Å². The molecular weight excluding hydrogens is 468 g/mol. The summed E-state index contributed by atoms with van der Waals surface area (Å²) in [4.78, 5) is 51.2. The van der Waals surface area contributed by atoms with Crippen molar-refractivity contribution in [2.24, 2.45) is 34.0 Å². The number of hydrogen-bond acceptors (Lipinski definition) is 9. The van der Waals surface area contributed by atoms with Crippen molar-refractivity contribution in [3.05, 3.63) is 23.8 Å². The summed E-state index contributed by atoms with van der Waals surface area (Å²) in [7, 11) is 0. The molecule has 9 heteroatoms. The van der Waals surface area contributed by atoms with Gasteiger partial charge in [0.15, 0.2) is 5.78 Å². The molecule has 2 aliphatic heterocycles. The SMILES string of the molecule is CC(=O)O[C@@H]1C[C@@](C)([C@@H]2OC(=O)C[C@@H]2CO)C2=CC(=O)O[C@@H]3C[C@@H]4[C@](C)(C(=O)C=C[C@@]4(C)O)[C@@H]1[C@]23C. The molecule has 36 heavy (non-hydrogen) atoms. The predicted octanol–water partition coefficient (Wildman–Crippen LogP) is 1.64. The van der Waals surface area contributed by atoms with Crippen LogP contribution in [0.2, 0.25) is 0 Å². The number of fused-ring (bicyclic) bond motifs is 2. The molecule has 0 spiro atoms. The van der Waals surface area contributed by atoms with E-state index in [1.54, 1.807) is 6.92 Å². The van der Waals surface area contributed by atoms with Crippen LogP contribution in [0.1, 0.15) is 53.9 Å². The first-order valence-electron chi connectivity index (χ1n) is 12.6. The van der Waals surface area contributed by atoms with E-state index in [2.05, 4.69) is 0 Å². The molecule has 0 aromatic carbocycles. The molecular formula is C27H34O9. The lowest BCUT2D eigenvalue weighted by Crippen LogP contribution is -2.72. The second kappa shape index (κ2) is 7.74. The van der Waals surface area contributed by atoms with Gasteiger partial charge in [-0.25, -0.2) is 4.79 Å². The molecule has 2 saturated carbocycles. The number of aliphatic hydroxyl groups excluding tert-OH is 1. The molecule has 196 valence electrons. The summed E-state index contributed by atoms with van der Waals surface area (Å²) in [6.07, 6.45) is 2.51. The van der Waals surface area contributed by atoms with Crippen LogP contribution in [0.15, 0.2) is 23.8 Å². The van der Waals surface area contributed by atoms with Gasteiger partial charge in [0.1, 0.15) is 18.3 Å². The van der Waals surface area contributed by atoms with Gasteiger partial charge in [0.05, 0.1) is 18.6 Å². The molecule has 0 amide bonds. The molecule has 3 aliphatic carbocycles. The fraction of sp³-hybridized carbons (Fsp3) is 0.704. The van der Waals surface area contributed by atoms with Gasteiger partial charge in [-0.2, -0.15) is 0 Å². The molecule has 1 saturated heterocycles. The van der Waals surface area contributed by atoms with E-state index in [0.29, 0.717) is 5.57 Å². The number of rotatable bonds is 3. The summed E-state index contributed by atoms with van der Waals surface area (Å²) in [5, 5.41) is 21.4. The zero-order chi connectivity index (χ0) is 26.4. The first-order chi connectivity index (χ1) is 16.7. The zero-order valence-electron chi connectivity index (χ0n) is 21.3. The molecule has 0 aromatic heterocycles. The molecule has 0 aromatic rings. The molecule has 2 heterocycles. The molecule has 0 bridgehead atoms. The largest absolute Gasteiger partial charge is 0.462 e. The van der Waals surface area contributed by atoms with E-state index >= 15 is 0 Å². The number of allylic oxidation sites excluding steroid dienone is 1. The maximum Gasteiger partial charge on any atom is 0.331 e. The number of hydrogen-bond donors (Lipinski definition) is 2. The third-order valence-electron chi connectivity index (χ3n) is 9.95. The highest BCUT2D eigenvalue weighted by Crippen LogP contribution is 2.70. The van der Waals surface area contributed by atoms with Crippen LogP contribution in [-0.4, -0.2) is 64.4 Å². The minimum Gasteiger partial charge on any atom is -0.462 e. The number of esters is 3. The van der Waals surface area contributed by atoms with Gasteiger partial charge in [0, 0.05) is 47.0 Å². The standard InChI is InChI=1S/C27H34O9/c1-13(29)34-15-11-24(2,23-14(12-28)8-20(31)36-23)16-10-21(32)35-19-9-17-25(3,33)7-6-18(30)26(17,4)22(15)27(16,19)5/h6-7,10,14-15,17,19,22-23,28,33H,8-9,11-12H2,1-5H3/t14-,15-,17+,19-,22-,23-,24-,25-,26-,27-/m1/s1. The van der Waals surface area contributed by atoms with Crippen LogP contribution in [-0.2, 0) is 33.4 Å². The number of ketones is 1. The maximum atomic E-state index is 13.6. The lowest BCUT2D eigenvalue weighted by molar-refractivity contribution is -0.236. The Balaban J connectivity index is 1.75. The molecule has 3 fully saturated rings. The van der Waals surface area contributed by atoms with Crippen LogP contribution in [0.5, 0.6) is 0 Å². The highest BCUT2D eigenvalue weighted by atomic mass is 16.6. The average molecular weight is 503 g/mol. The van der Waals surface area contributed by atoms with Crippen molar-refractivity contribution in [3.63, 3.8) is 0 Å². The van der Waals surface area contributed by atoms with Crippen molar-refractivity contribution in [2.45, 2.75) is 77.8 Å². The number of cyclic esters (lactones) is 1.